The first kappa shape index (κ1) is 18.4. The van der Waals surface area contributed by atoms with E-state index in [0.717, 1.165) is 5.56 Å². The molecular formula is C16H18ClN3O3S. The molecule has 0 aliphatic heterocycles. The Labute approximate surface area is 149 Å². The van der Waals surface area contributed by atoms with Crippen LogP contribution in [0.3, 0.4) is 0 Å². The third-order valence-corrected chi connectivity index (χ3v) is 4.26. The number of carbonyl (C=O) groups excluding carboxylic acids is 2. The van der Waals surface area contributed by atoms with Gasteiger partial charge in [0.2, 0.25) is 11.8 Å². The molecule has 0 aliphatic carbocycles. The fourth-order valence-corrected chi connectivity index (χ4v) is 2.81. The molecule has 0 fully saturated rings. The van der Waals surface area contributed by atoms with E-state index in [-0.39, 0.29) is 29.4 Å². The van der Waals surface area contributed by atoms with Crippen molar-refractivity contribution in [2.45, 2.75) is 19.9 Å². The number of nitrogens with zero attached hydrogens (tertiary/aromatic N) is 1. The number of carbonyl (C=O) groups is 2. The van der Waals surface area contributed by atoms with E-state index in [1.165, 1.54) is 11.8 Å². The van der Waals surface area contributed by atoms with Crippen molar-refractivity contribution in [1.82, 2.24) is 10.5 Å². The summed E-state index contributed by atoms with van der Waals surface area (Å²) in [6.07, 6.45) is 0. The molecule has 1 aromatic carbocycles. The molecule has 0 saturated heterocycles. The van der Waals surface area contributed by atoms with E-state index in [0.29, 0.717) is 16.6 Å². The third-order valence-electron chi connectivity index (χ3n) is 3.09. The maximum absolute atomic E-state index is 11.9. The molecule has 2 amide bonds. The molecule has 6 nitrogen and oxygen atoms in total. The van der Waals surface area contributed by atoms with Gasteiger partial charge in [-0.05, 0) is 31.5 Å². The molecule has 1 heterocycles. The molecule has 0 bridgehead atoms. The van der Waals surface area contributed by atoms with Gasteiger partial charge in [-0.2, -0.15) is 0 Å². The predicted molar refractivity (Wildman–Crippen MR) is 95.2 cm³/mol. The van der Waals surface area contributed by atoms with Crippen LogP contribution >= 0.6 is 23.4 Å². The van der Waals surface area contributed by atoms with E-state index >= 15 is 0 Å². The normalized spacial score (nSPS) is 11.8. The largest absolute Gasteiger partial charge is 0.360 e. The van der Waals surface area contributed by atoms with E-state index in [1.807, 2.05) is 25.1 Å². The molecule has 1 aromatic heterocycles. The summed E-state index contributed by atoms with van der Waals surface area (Å²) >= 11 is 7.17. The van der Waals surface area contributed by atoms with Gasteiger partial charge >= 0.3 is 0 Å². The van der Waals surface area contributed by atoms with Gasteiger partial charge in [0, 0.05) is 11.1 Å². The molecule has 0 saturated carbocycles. The second-order valence-corrected chi connectivity index (χ2v) is 6.63. The fraction of sp³-hybridized carbons (Fsp3) is 0.312. The first-order chi connectivity index (χ1) is 11.4. The minimum Gasteiger partial charge on any atom is -0.360 e. The summed E-state index contributed by atoms with van der Waals surface area (Å²) in [5, 5.41) is 9.77. The number of hydrogen-bond donors (Lipinski definition) is 2. The van der Waals surface area contributed by atoms with E-state index in [4.69, 9.17) is 16.1 Å². The van der Waals surface area contributed by atoms with Gasteiger partial charge in [-0.1, -0.05) is 28.9 Å². The Hall–Kier alpha value is -1.99. The van der Waals surface area contributed by atoms with Crippen LogP contribution < -0.4 is 10.6 Å². The van der Waals surface area contributed by atoms with Crippen molar-refractivity contribution in [1.29, 1.82) is 0 Å². The topological polar surface area (TPSA) is 84.2 Å². The second kappa shape index (κ2) is 8.75. The first-order valence-corrected chi connectivity index (χ1v) is 8.83. The minimum absolute atomic E-state index is 0.141. The average Bonchev–Trinajstić information content (AvgIpc) is 2.92. The Bertz CT molecular complexity index is 720. The van der Waals surface area contributed by atoms with E-state index < -0.39 is 0 Å². The van der Waals surface area contributed by atoms with Crippen molar-refractivity contribution >= 4 is 41.0 Å². The number of aromatic nitrogens is 1. The smallest absolute Gasteiger partial charge is 0.235 e. The van der Waals surface area contributed by atoms with Crippen LogP contribution in [0.1, 0.15) is 24.3 Å². The molecule has 0 spiro atoms. The summed E-state index contributed by atoms with van der Waals surface area (Å²) in [7, 11) is 0. The SMILES string of the molecule is Cc1cc(NC(=O)CSCC(=O)N[C@@H](C)c2cccc(Cl)c2)no1. The van der Waals surface area contributed by atoms with E-state index in [1.54, 1.807) is 19.1 Å². The van der Waals surface area contributed by atoms with Crippen LogP contribution in [0.2, 0.25) is 5.02 Å². The van der Waals surface area contributed by atoms with Crippen LogP contribution in [0.15, 0.2) is 34.9 Å². The zero-order valence-corrected chi connectivity index (χ0v) is 14.9. The van der Waals surface area contributed by atoms with Gasteiger partial charge in [0.05, 0.1) is 17.5 Å². The molecule has 2 N–H and O–H groups in total. The summed E-state index contributed by atoms with van der Waals surface area (Å²) < 4.78 is 4.86. The van der Waals surface area contributed by atoms with Crippen LogP contribution in [-0.4, -0.2) is 28.5 Å². The number of anilines is 1. The molecule has 128 valence electrons. The second-order valence-electron chi connectivity index (χ2n) is 5.21. The van der Waals surface area contributed by atoms with Gasteiger partial charge in [-0.3, -0.25) is 9.59 Å². The van der Waals surface area contributed by atoms with Crippen molar-refractivity contribution in [2.24, 2.45) is 0 Å². The van der Waals surface area contributed by atoms with Crippen LogP contribution in [0.4, 0.5) is 5.82 Å². The Morgan fingerprint density at radius 3 is 2.71 bits per heavy atom. The van der Waals surface area contributed by atoms with Gasteiger partial charge in [0.15, 0.2) is 5.82 Å². The fourth-order valence-electron chi connectivity index (χ4n) is 1.98. The van der Waals surface area contributed by atoms with Gasteiger partial charge in [0.25, 0.3) is 0 Å². The summed E-state index contributed by atoms with van der Waals surface area (Å²) in [4.78, 5) is 23.7. The predicted octanol–water partition coefficient (Wildman–Crippen LogP) is 3.19. The maximum Gasteiger partial charge on any atom is 0.235 e. The summed E-state index contributed by atoms with van der Waals surface area (Å²) in [5.74, 6) is 0.965. The number of thioether (sulfide) groups is 1. The molecular weight excluding hydrogens is 350 g/mol. The highest BCUT2D eigenvalue weighted by Crippen LogP contribution is 2.17. The zero-order chi connectivity index (χ0) is 17.5. The van der Waals surface area contributed by atoms with Crippen molar-refractivity contribution in [2.75, 3.05) is 16.8 Å². The summed E-state index contributed by atoms with van der Waals surface area (Å²) in [6.45, 7) is 3.62. The lowest BCUT2D eigenvalue weighted by Gasteiger charge is -2.14. The standard InChI is InChI=1S/C16H18ClN3O3S/c1-10-6-14(20-23-10)19-16(22)9-24-8-15(21)18-11(2)12-4-3-5-13(17)7-12/h3-7,11H,8-9H2,1-2H3,(H,18,21)(H,19,20,22)/t11-/m0/s1. The van der Waals surface area contributed by atoms with Crippen LogP contribution in [0, 0.1) is 6.92 Å². The highest BCUT2D eigenvalue weighted by molar-refractivity contribution is 8.00. The Morgan fingerprint density at radius 1 is 1.29 bits per heavy atom. The third kappa shape index (κ3) is 5.90. The Kier molecular flexibility index (Phi) is 6.69. The number of aryl methyl sites for hydroxylation is 1. The molecule has 24 heavy (non-hydrogen) atoms. The number of nitrogens with one attached hydrogen (secondary N) is 2. The lowest BCUT2D eigenvalue weighted by atomic mass is 10.1. The zero-order valence-electron chi connectivity index (χ0n) is 13.3. The molecule has 2 rings (SSSR count). The Balaban J connectivity index is 1.70. The average molecular weight is 368 g/mol. The number of rotatable bonds is 7. The van der Waals surface area contributed by atoms with Gasteiger partial charge in [0.1, 0.15) is 5.76 Å². The van der Waals surface area contributed by atoms with Crippen molar-refractivity contribution in [3.63, 3.8) is 0 Å². The molecule has 0 radical (unpaired) electrons. The van der Waals surface area contributed by atoms with E-state index in [9.17, 15) is 9.59 Å². The highest BCUT2D eigenvalue weighted by atomic mass is 35.5. The summed E-state index contributed by atoms with van der Waals surface area (Å²) in [5.41, 5.74) is 0.931. The molecule has 8 heteroatoms. The monoisotopic (exact) mass is 367 g/mol. The first-order valence-electron chi connectivity index (χ1n) is 7.30. The van der Waals surface area contributed by atoms with Crippen LogP contribution in [0.25, 0.3) is 0 Å². The number of benzene rings is 1. The van der Waals surface area contributed by atoms with Gasteiger partial charge in [-0.15, -0.1) is 11.8 Å². The number of amides is 2. The van der Waals surface area contributed by atoms with Crippen LogP contribution in [-0.2, 0) is 9.59 Å². The molecule has 0 aliphatic rings. The van der Waals surface area contributed by atoms with Crippen molar-refractivity contribution in [3.8, 4) is 0 Å². The lowest BCUT2D eigenvalue weighted by Crippen LogP contribution is -2.28. The quantitative estimate of drug-likeness (QED) is 0.785. The maximum atomic E-state index is 11.9. The lowest BCUT2D eigenvalue weighted by molar-refractivity contribution is -0.119. The van der Waals surface area contributed by atoms with Gasteiger partial charge in [-0.25, -0.2) is 0 Å². The van der Waals surface area contributed by atoms with E-state index in [2.05, 4.69) is 15.8 Å². The van der Waals surface area contributed by atoms with Crippen molar-refractivity contribution < 1.29 is 14.1 Å². The minimum atomic E-state index is -0.232. The highest BCUT2D eigenvalue weighted by Gasteiger charge is 2.11. The molecule has 2 aromatic rings. The van der Waals surface area contributed by atoms with Crippen LogP contribution in [0.5, 0.6) is 0 Å². The summed E-state index contributed by atoms with van der Waals surface area (Å²) in [6, 6.07) is 8.81. The molecule has 0 unspecified atom stereocenters. The van der Waals surface area contributed by atoms with Gasteiger partial charge < -0.3 is 15.2 Å². The molecule has 1 atom stereocenters. The van der Waals surface area contributed by atoms with Crippen molar-refractivity contribution in [3.05, 3.63) is 46.7 Å². The number of hydrogen-bond acceptors (Lipinski definition) is 5. The number of halogens is 1. The Morgan fingerprint density at radius 2 is 2.04 bits per heavy atom.